The normalized spacial score (nSPS) is 18.0. The molecule has 0 radical (unpaired) electrons. The predicted octanol–water partition coefficient (Wildman–Crippen LogP) is 3.07. The Labute approximate surface area is 161 Å². The van der Waals surface area contributed by atoms with Gasteiger partial charge in [-0.05, 0) is 75.8 Å². The maximum Gasteiger partial charge on any atom is 0.494 e. The van der Waals surface area contributed by atoms with E-state index in [9.17, 15) is 5.11 Å². The van der Waals surface area contributed by atoms with Crippen LogP contribution in [0.25, 0.3) is 0 Å². The van der Waals surface area contributed by atoms with Crippen LogP contribution in [-0.2, 0) is 22.5 Å². The maximum absolute atomic E-state index is 9.52. The molecule has 27 heavy (non-hydrogen) atoms. The van der Waals surface area contributed by atoms with Gasteiger partial charge in [-0.2, -0.15) is 0 Å². The van der Waals surface area contributed by atoms with Crippen molar-refractivity contribution in [2.75, 3.05) is 0 Å². The van der Waals surface area contributed by atoms with Gasteiger partial charge in [0.2, 0.25) is 0 Å². The average Bonchev–Trinajstić information content (AvgIpc) is 2.83. The van der Waals surface area contributed by atoms with Crippen LogP contribution >= 0.6 is 0 Å². The highest BCUT2D eigenvalue weighted by molar-refractivity contribution is 6.62. The van der Waals surface area contributed by atoms with Crippen molar-refractivity contribution in [3.63, 3.8) is 0 Å². The Morgan fingerprint density at radius 3 is 2.19 bits per heavy atom. The molecule has 1 saturated heterocycles. The minimum atomic E-state index is -0.378. The van der Waals surface area contributed by atoms with Crippen LogP contribution in [0.3, 0.4) is 0 Å². The number of pyridine rings is 1. The molecule has 144 valence electrons. The number of hydrogen-bond acceptors (Lipinski definition) is 5. The first-order valence-corrected chi connectivity index (χ1v) is 9.28. The molecule has 1 aromatic heterocycles. The molecule has 1 aliphatic rings. The number of aliphatic hydroxyl groups excluding tert-OH is 1. The third-order valence-corrected chi connectivity index (χ3v) is 5.71. The molecular weight excluding hydrogens is 341 g/mol. The van der Waals surface area contributed by atoms with Crippen molar-refractivity contribution in [2.24, 2.45) is 0 Å². The van der Waals surface area contributed by atoms with E-state index >= 15 is 0 Å². The number of aliphatic hydroxyl groups is 1. The third-order valence-electron chi connectivity index (χ3n) is 5.71. The summed E-state index contributed by atoms with van der Waals surface area (Å²) < 4.78 is 18.0. The van der Waals surface area contributed by atoms with E-state index < -0.39 is 0 Å². The third kappa shape index (κ3) is 3.88. The highest BCUT2D eigenvalue weighted by atomic mass is 16.7. The molecule has 0 bridgehead atoms. The molecule has 2 aromatic rings. The van der Waals surface area contributed by atoms with Gasteiger partial charge in [-0.1, -0.05) is 12.1 Å². The topological polar surface area (TPSA) is 60.8 Å². The minimum Gasteiger partial charge on any atom is -0.487 e. The summed E-state index contributed by atoms with van der Waals surface area (Å²) in [5.41, 5.74) is 3.97. The average molecular weight is 369 g/mol. The quantitative estimate of drug-likeness (QED) is 0.821. The van der Waals surface area contributed by atoms with Crippen LogP contribution in [0.15, 0.2) is 30.5 Å². The molecule has 2 heterocycles. The number of nitrogens with zero attached hydrogens (tertiary/aromatic N) is 1. The van der Waals surface area contributed by atoms with Crippen molar-refractivity contribution in [1.29, 1.82) is 0 Å². The van der Waals surface area contributed by atoms with Crippen molar-refractivity contribution >= 4 is 12.6 Å². The summed E-state index contributed by atoms with van der Waals surface area (Å²) in [7, 11) is -0.378. The molecule has 0 unspecified atom stereocenters. The smallest absolute Gasteiger partial charge is 0.487 e. The van der Waals surface area contributed by atoms with Gasteiger partial charge in [0, 0.05) is 6.20 Å². The lowest BCUT2D eigenvalue weighted by Crippen LogP contribution is -2.41. The molecule has 3 rings (SSSR count). The van der Waals surface area contributed by atoms with Gasteiger partial charge in [0.05, 0.1) is 23.5 Å². The lowest BCUT2D eigenvalue weighted by atomic mass is 9.79. The molecule has 1 N–H and O–H groups in total. The largest absolute Gasteiger partial charge is 0.494 e. The SMILES string of the molecule is Cc1cnc(COc2ccc(B3OC(C)(C)C(C)(C)O3)cc2)c(C)c1CO. The van der Waals surface area contributed by atoms with Crippen molar-refractivity contribution in [3.05, 3.63) is 52.8 Å². The van der Waals surface area contributed by atoms with E-state index in [-0.39, 0.29) is 24.9 Å². The van der Waals surface area contributed by atoms with Gasteiger partial charge >= 0.3 is 7.12 Å². The van der Waals surface area contributed by atoms with Gasteiger partial charge in [0.15, 0.2) is 0 Å². The number of ether oxygens (including phenoxy) is 1. The second kappa shape index (κ2) is 7.26. The van der Waals surface area contributed by atoms with E-state index in [1.165, 1.54) is 0 Å². The van der Waals surface area contributed by atoms with Gasteiger partial charge in [0.1, 0.15) is 12.4 Å². The highest BCUT2D eigenvalue weighted by Crippen LogP contribution is 2.36. The number of benzene rings is 1. The fraction of sp³-hybridized carbons (Fsp3) is 0.476. The van der Waals surface area contributed by atoms with Crippen LogP contribution in [0.2, 0.25) is 0 Å². The van der Waals surface area contributed by atoms with E-state index in [2.05, 4.69) is 4.98 Å². The van der Waals surface area contributed by atoms with E-state index in [1.807, 2.05) is 65.8 Å². The van der Waals surface area contributed by atoms with Gasteiger partial charge in [0.25, 0.3) is 0 Å². The standard InChI is InChI=1S/C21H28BNO4/c1-14-11-23-19(15(2)18(14)12-24)13-25-17-9-7-16(8-10-17)22-26-20(3,4)21(5,6)27-22/h7-11,24H,12-13H2,1-6H3. The van der Waals surface area contributed by atoms with E-state index in [1.54, 1.807) is 6.20 Å². The van der Waals surface area contributed by atoms with Crippen molar-refractivity contribution in [1.82, 2.24) is 4.98 Å². The summed E-state index contributed by atoms with van der Waals surface area (Å²) in [5.74, 6) is 0.752. The summed E-state index contributed by atoms with van der Waals surface area (Å²) in [5, 5.41) is 9.52. The fourth-order valence-electron chi connectivity index (χ4n) is 3.06. The number of hydrogen-bond donors (Lipinski definition) is 1. The van der Waals surface area contributed by atoms with Gasteiger partial charge in [-0.25, -0.2) is 0 Å². The minimum absolute atomic E-state index is 0.00989. The maximum atomic E-state index is 9.52. The Morgan fingerprint density at radius 2 is 1.63 bits per heavy atom. The summed E-state index contributed by atoms with van der Waals surface area (Å²) in [6, 6.07) is 7.76. The summed E-state index contributed by atoms with van der Waals surface area (Å²) >= 11 is 0. The van der Waals surface area contributed by atoms with Gasteiger partial charge < -0.3 is 19.2 Å². The Hall–Kier alpha value is -1.89. The molecule has 0 aliphatic carbocycles. The first-order chi connectivity index (χ1) is 12.6. The van der Waals surface area contributed by atoms with Crippen LogP contribution in [-0.4, -0.2) is 28.4 Å². The molecule has 0 saturated carbocycles. The molecule has 1 fully saturated rings. The summed E-state index contributed by atoms with van der Waals surface area (Å²) in [4.78, 5) is 4.44. The predicted molar refractivity (Wildman–Crippen MR) is 106 cm³/mol. The molecular formula is C21H28BNO4. The Balaban J connectivity index is 1.67. The first-order valence-electron chi connectivity index (χ1n) is 9.28. The molecule has 1 aromatic carbocycles. The molecule has 0 spiro atoms. The Morgan fingerprint density at radius 1 is 1.04 bits per heavy atom. The molecule has 0 atom stereocenters. The summed E-state index contributed by atoms with van der Waals surface area (Å²) in [6.45, 7) is 12.5. The lowest BCUT2D eigenvalue weighted by Gasteiger charge is -2.32. The van der Waals surface area contributed by atoms with Crippen LogP contribution in [0.4, 0.5) is 0 Å². The fourth-order valence-corrected chi connectivity index (χ4v) is 3.06. The summed E-state index contributed by atoms with van der Waals surface area (Å²) in [6.07, 6.45) is 1.78. The molecule has 6 heteroatoms. The lowest BCUT2D eigenvalue weighted by molar-refractivity contribution is 0.00578. The monoisotopic (exact) mass is 369 g/mol. The van der Waals surface area contributed by atoms with Gasteiger partial charge in [-0.3, -0.25) is 4.98 Å². The molecule has 5 nitrogen and oxygen atoms in total. The van der Waals surface area contributed by atoms with Crippen LogP contribution in [0.1, 0.15) is 50.1 Å². The Kier molecular flexibility index (Phi) is 5.34. The van der Waals surface area contributed by atoms with Gasteiger partial charge in [-0.15, -0.1) is 0 Å². The second-order valence-corrected chi connectivity index (χ2v) is 8.10. The van der Waals surface area contributed by atoms with E-state index in [0.717, 1.165) is 33.6 Å². The van der Waals surface area contributed by atoms with Crippen molar-refractivity contribution in [2.45, 2.75) is 66.0 Å². The molecule has 1 aliphatic heterocycles. The van der Waals surface area contributed by atoms with Crippen LogP contribution in [0.5, 0.6) is 5.75 Å². The zero-order chi connectivity index (χ0) is 19.8. The van der Waals surface area contributed by atoms with E-state index in [0.29, 0.717) is 6.61 Å². The number of aromatic nitrogens is 1. The van der Waals surface area contributed by atoms with Crippen LogP contribution in [0, 0.1) is 13.8 Å². The highest BCUT2D eigenvalue weighted by Gasteiger charge is 2.51. The zero-order valence-electron chi connectivity index (χ0n) is 17.0. The first kappa shape index (κ1) is 19.9. The van der Waals surface area contributed by atoms with Crippen LogP contribution < -0.4 is 10.2 Å². The molecule has 0 amide bonds. The van der Waals surface area contributed by atoms with E-state index in [4.69, 9.17) is 14.0 Å². The zero-order valence-corrected chi connectivity index (χ0v) is 17.0. The number of rotatable bonds is 5. The number of aryl methyl sites for hydroxylation is 1. The van der Waals surface area contributed by atoms with Crippen molar-refractivity contribution < 1.29 is 19.2 Å². The Bertz CT molecular complexity index is 802. The second-order valence-electron chi connectivity index (χ2n) is 8.10. The van der Waals surface area contributed by atoms with Crippen molar-refractivity contribution in [3.8, 4) is 5.75 Å².